The number of nitrogens with one attached hydrogen (secondary N) is 1. The normalized spacial score (nSPS) is 18.2. The highest BCUT2D eigenvalue weighted by molar-refractivity contribution is 6.04. The van der Waals surface area contributed by atoms with Gasteiger partial charge in [0.2, 0.25) is 0 Å². The number of aromatic nitrogens is 4. The SMILES string of the molecule is Cn1cnnc1CC(C)(C)c1cccc(NC(=O)c2cc(CN3CC[C@H](F)C3)cn(CCC3CC3)c2=O)c1. The van der Waals surface area contributed by atoms with Crippen LogP contribution in [0.25, 0.3) is 0 Å². The summed E-state index contributed by atoms with van der Waals surface area (Å²) in [5.74, 6) is 1.12. The first-order chi connectivity index (χ1) is 18.2. The van der Waals surface area contributed by atoms with Gasteiger partial charge in [-0.15, -0.1) is 10.2 Å². The van der Waals surface area contributed by atoms with E-state index < -0.39 is 12.1 Å². The summed E-state index contributed by atoms with van der Waals surface area (Å²) in [4.78, 5) is 28.8. The molecule has 3 heterocycles. The molecule has 8 nitrogen and oxygen atoms in total. The number of hydrogen-bond donors (Lipinski definition) is 1. The summed E-state index contributed by atoms with van der Waals surface area (Å²) in [7, 11) is 1.92. The quantitative estimate of drug-likeness (QED) is 0.435. The number of likely N-dealkylation sites (tertiary alicyclic amines) is 1. The Kier molecular flexibility index (Phi) is 7.47. The van der Waals surface area contributed by atoms with Crippen LogP contribution in [-0.4, -0.2) is 49.4 Å². The standard InChI is InChI=1S/C29H37FN6O2/c1-29(2,15-26-33-31-19-34(26)3)22-5-4-6-24(14-22)32-27(37)25-13-21(16-35-11-10-23(30)18-35)17-36(28(25)38)12-9-20-7-8-20/h4-6,13-14,17,19-20,23H,7-12,15-16,18H2,1-3H3,(H,32,37)/t23-/m0/s1. The molecule has 1 saturated carbocycles. The molecule has 1 N–H and O–H groups in total. The fraction of sp³-hybridized carbons (Fsp3) is 0.517. The van der Waals surface area contributed by atoms with E-state index in [0.29, 0.717) is 50.6 Å². The number of amides is 1. The number of alkyl halides is 1. The van der Waals surface area contributed by atoms with E-state index in [1.807, 2.05) is 47.0 Å². The van der Waals surface area contributed by atoms with Crippen LogP contribution >= 0.6 is 0 Å². The lowest BCUT2D eigenvalue weighted by atomic mass is 9.81. The van der Waals surface area contributed by atoms with E-state index in [1.54, 1.807) is 17.0 Å². The molecular formula is C29H37FN6O2. The Morgan fingerprint density at radius 3 is 2.71 bits per heavy atom. The Labute approximate surface area is 222 Å². The summed E-state index contributed by atoms with van der Waals surface area (Å²) in [5.41, 5.74) is 2.13. The minimum atomic E-state index is -0.816. The monoisotopic (exact) mass is 520 g/mol. The number of aryl methyl sites for hydroxylation is 2. The van der Waals surface area contributed by atoms with Crippen LogP contribution in [-0.2, 0) is 32.0 Å². The first-order valence-corrected chi connectivity index (χ1v) is 13.5. The van der Waals surface area contributed by atoms with Crippen LogP contribution in [0.4, 0.5) is 10.1 Å². The van der Waals surface area contributed by atoms with Gasteiger partial charge in [-0.1, -0.05) is 38.8 Å². The van der Waals surface area contributed by atoms with Gasteiger partial charge >= 0.3 is 0 Å². The second-order valence-electron chi connectivity index (χ2n) is 11.6. The van der Waals surface area contributed by atoms with Gasteiger partial charge in [0.05, 0.1) is 0 Å². The van der Waals surface area contributed by atoms with Gasteiger partial charge < -0.3 is 14.5 Å². The van der Waals surface area contributed by atoms with Crippen molar-refractivity contribution in [2.24, 2.45) is 13.0 Å². The van der Waals surface area contributed by atoms with Crippen molar-refractivity contribution in [3.8, 4) is 0 Å². The van der Waals surface area contributed by atoms with Gasteiger partial charge in [0.1, 0.15) is 23.9 Å². The molecule has 2 fully saturated rings. The average molecular weight is 521 g/mol. The van der Waals surface area contributed by atoms with Gasteiger partial charge in [-0.25, -0.2) is 4.39 Å². The maximum absolute atomic E-state index is 13.8. The third-order valence-corrected chi connectivity index (χ3v) is 7.79. The van der Waals surface area contributed by atoms with E-state index in [1.165, 1.54) is 12.8 Å². The number of halogens is 1. The van der Waals surface area contributed by atoms with Crippen LogP contribution in [0.15, 0.2) is 47.7 Å². The van der Waals surface area contributed by atoms with Gasteiger partial charge in [-0.3, -0.25) is 14.5 Å². The molecule has 0 bridgehead atoms. The fourth-order valence-corrected chi connectivity index (χ4v) is 5.21. The highest BCUT2D eigenvalue weighted by Crippen LogP contribution is 2.32. The molecule has 1 aliphatic carbocycles. The summed E-state index contributed by atoms with van der Waals surface area (Å²) in [5, 5.41) is 11.1. The molecular weight excluding hydrogens is 483 g/mol. The minimum absolute atomic E-state index is 0.123. The highest BCUT2D eigenvalue weighted by Gasteiger charge is 2.26. The molecule has 3 aromatic rings. The van der Waals surface area contributed by atoms with Gasteiger partial charge in [0.15, 0.2) is 0 Å². The molecule has 0 unspecified atom stereocenters. The predicted molar refractivity (Wildman–Crippen MR) is 145 cm³/mol. The molecule has 2 aliphatic rings. The summed E-state index contributed by atoms with van der Waals surface area (Å²) >= 11 is 0. The molecule has 5 rings (SSSR count). The van der Waals surface area contributed by atoms with Gasteiger partial charge in [0, 0.05) is 51.5 Å². The Morgan fingerprint density at radius 1 is 1.21 bits per heavy atom. The van der Waals surface area contributed by atoms with E-state index >= 15 is 0 Å². The Balaban J connectivity index is 1.36. The lowest BCUT2D eigenvalue weighted by molar-refractivity contribution is 0.102. The van der Waals surface area contributed by atoms with Crippen LogP contribution in [0.5, 0.6) is 0 Å². The number of carbonyl (C=O) groups is 1. The van der Waals surface area contributed by atoms with Crippen molar-refractivity contribution in [1.82, 2.24) is 24.2 Å². The maximum Gasteiger partial charge on any atom is 0.263 e. The largest absolute Gasteiger partial charge is 0.322 e. The van der Waals surface area contributed by atoms with E-state index in [9.17, 15) is 14.0 Å². The molecule has 202 valence electrons. The van der Waals surface area contributed by atoms with Crippen molar-refractivity contribution in [3.05, 3.63) is 75.7 Å². The van der Waals surface area contributed by atoms with E-state index in [-0.39, 0.29) is 16.5 Å². The zero-order chi connectivity index (χ0) is 26.9. The van der Waals surface area contributed by atoms with Gasteiger partial charge in [-0.05, 0) is 53.5 Å². The molecule has 9 heteroatoms. The van der Waals surface area contributed by atoms with Crippen LogP contribution in [0.3, 0.4) is 0 Å². The van der Waals surface area contributed by atoms with Crippen molar-refractivity contribution in [2.45, 2.75) is 70.6 Å². The average Bonchev–Trinajstić information content (AvgIpc) is 3.50. The summed E-state index contributed by atoms with van der Waals surface area (Å²) in [6.45, 7) is 6.45. The van der Waals surface area contributed by atoms with Gasteiger partial charge in [0.25, 0.3) is 11.5 Å². The van der Waals surface area contributed by atoms with Crippen molar-refractivity contribution < 1.29 is 9.18 Å². The van der Waals surface area contributed by atoms with Crippen LogP contribution in [0.1, 0.15) is 66.8 Å². The summed E-state index contributed by atoms with van der Waals surface area (Å²) < 4.78 is 17.3. The summed E-state index contributed by atoms with van der Waals surface area (Å²) in [6, 6.07) is 9.41. The number of rotatable bonds is 10. The second kappa shape index (κ2) is 10.8. The second-order valence-corrected chi connectivity index (χ2v) is 11.6. The third-order valence-electron chi connectivity index (χ3n) is 7.79. The third kappa shape index (κ3) is 6.20. The maximum atomic E-state index is 13.8. The lowest BCUT2D eigenvalue weighted by Crippen LogP contribution is -2.31. The first-order valence-electron chi connectivity index (χ1n) is 13.5. The number of hydrogen-bond acceptors (Lipinski definition) is 5. The van der Waals surface area contributed by atoms with Crippen LogP contribution in [0.2, 0.25) is 0 Å². The topological polar surface area (TPSA) is 85.1 Å². The lowest BCUT2D eigenvalue weighted by Gasteiger charge is -2.25. The van der Waals surface area contributed by atoms with Crippen molar-refractivity contribution in [3.63, 3.8) is 0 Å². The Bertz CT molecular complexity index is 1360. The number of pyridine rings is 1. The molecule has 1 aliphatic heterocycles. The fourth-order valence-electron chi connectivity index (χ4n) is 5.21. The molecule has 1 amide bonds. The first kappa shape index (κ1) is 26.3. The number of carbonyl (C=O) groups excluding carboxylic acids is 1. The van der Waals surface area contributed by atoms with Crippen molar-refractivity contribution in [2.75, 3.05) is 18.4 Å². The minimum Gasteiger partial charge on any atom is -0.322 e. The number of nitrogens with zero attached hydrogens (tertiary/aromatic N) is 5. The molecule has 1 atom stereocenters. The highest BCUT2D eigenvalue weighted by atomic mass is 19.1. The molecule has 38 heavy (non-hydrogen) atoms. The van der Waals surface area contributed by atoms with E-state index in [4.69, 9.17) is 0 Å². The summed E-state index contributed by atoms with van der Waals surface area (Å²) in [6.07, 6.45) is 7.28. The zero-order valence-electron chi connectivity index (χ0n) is 22.5. The van der Waals surface area contributed by atoms with Gasteiger partial charge in [-0.2, -0.15) is 0 Å². The number of anilines is 1. The predicted octanol–water partition coefficient (Wildman–Crippen LogP) is 4.09. The van der Waals surface area contributed by atoms with Crippen molar-refractivity contribution in [1.29, 1.82) is 0 Å². The van der Waals surface area contributed by atoms with E-state index in [2.05, 4.69) is 29.4 Å². The van der Waals surface area contributed by atoms with E-state index in [0.717, 1.165) is 23.4 Å². The molecule has 0 radical (unpaired) electrons. The molecule has 1 saturated heterocycles. The van der Waals surface area contributed by atoms with Crippen molar-refractivity contribution >= 4 is 11.6 Å². The Hall–Kier alpha value is -3.33. The molecule has 2 aromatic heterocycles. The number of benzene rings is 1. The van der Waals surface area contributed by atoms with Crippen LogP contribution in [0, 0.1) is 5.92 Å². The zero-order valence-corrected chi connectivity index (χ0v) is 22.5. The Morgan fingerprint density at radius 2 is 2.03 bits per heavy atom. The smallest absolute Gasteiger partial charge is 0.263 e. The van der Waals surface area contributed by atoms with Crippen LogP contribution < -0.4 is 10.9 Å². The molecule has 0 spiro atoms. The molecule has 1 aromatic carbocycles.